The van der Waals surface area contributed by atoms with Crippen molar-refractivity contribution in [2.24, 2.45) is 0 Å². The third-order valence-corrected chi connectivity index (χ3v) is 3.56. The predicted octanol–water partition coefficient (Wildman–Crippen LogP) is 2.32. The van der Waals surface area contributed by atoms with Crippen molar-refractivity contribution in [1.82, 2.24) is 0 Å². The molecule has 0 aromatic heterocycles. The van der Waals surface area contributed by atoms with Crippen LogP contribution in [0, 0.1) is 0 Å². The minimum atomic E-state index is -0.478. The Morgan fingerprint density at radius 3 is 2.80 bits per heavy atom. The smallest absolute Gasteiger partial charge is 0.240 e. The first-order chi connectivity index (χ1) is 7.03. The van der Waals surface area contributed by atoms with Gasteiger partial charge in [0.2, 0.25) is 5.91 Å². The quantitative estimate of drug-likeness (QED) is 0.740. The molecule has 4 heteroatoms. The highest BCUT2D eigenvalue weighted by Crippen LogP contribution is 2.42. The number of fused-ring (bicyclic) bond motifs is 1. The molecule has 1 N–H and O–H groups in total. The first-order valence-electron chi connectivity index (χ1n) is 4.62. The Kier molecular flexibility index (Phi) is 2.31. The Morgan fingerprint density at radius 2 is 2.13 bits per heavy atom. The maximum Gasteiger partial charge on any atom is 0.240 e. The van der Waals surface area contributed by atoms with Crippen molar-refractivity contribution in [2.45, 2.75) is 23.5 Å². The van der Waals surface area contributed by atoms with E-state index >= 15 is 0 Å². The molecule has 3 nitrogen and oxygen atoms in total. The van der Waals surface area contributed by atoms with Gasteiger partial charge in [0.1, 0.15) is 6.29 Å². The van der Waals surface area contributed by atoms with Crippen molar-refractivity contribution < 1.29 is 9.59 Å². The second kappa shape index (κ2) is 3.38. The topological polar surface area (TPSA) is 46.2 Å². The molecule has 0 aliphatic carbocycles. The van der Waals surface area contributed by atoms with Gasteiger partial charge in [-0.2, -0.15) is 0 Å². The molecule has 0 radical (unpaired) electrons. The van der Waals surface area contributed by atoms with Crippen LogP contribution in [-0.2, 0) is 4.79 Å². The van der Waals surface area contributed by atoms with Crippen molar-refractivity contribution in [1.29, 1.82) is 0 Å². The highest BCUT2D eigenvalue weighted by molar-refractivity contribution is 8.01. The van der Waals surface area contributed by atoms with E-state index in [9.17, 15) is 9.59 Å². The van der Waals surface area contributed by atoms with Gasteiger partial charge in [-0.25, -0.2) is 0 Å². The van der Waals surface area contributed by atoms with Gasteiger partial charge in [-0.3, -0.25) is 9.59 Å². The van der Waals surface area contributed by atoms with E-state index in [1.165, 1.54) is 11.8 Å². The monoisotopic (exact) mass is 221 g/mol. The molecule has 0 saturated carbocycles. The van der Waals surface area contributed by atoms with E-state index in [1.807, 2.05) is 13.8 Å². The van der Waals surface area contributed by atoms with E-state index in [-0.39, 0.29) is 5.91 Å². The molecule has 0 unspecified atom stereocenters. The maximum atomic E-state index is 11.6. The Morgan fingerprint density at radius 1 is 1.40 bits per heavy atom. The molecule has 0 fully saturated rings. The molecule has 1 aliphatic heterocycles. The summed E-state index contributed by atoms with van der Waals surface area (Å²) in [6.45, 7) is 3.73. The second-order valence-electron chi connectivity index (χ2n) is 3.94. The maximum absolute atomic E-state index is 11.6. The van der Waals surface area contributed by atoms with Crippen LogP contribution in [0.5, 0.6) is 0 Å². The number of thioether (sulfide) groups is 1. The SMILES string of the molecule is CC1(C)Sc2cc(C=O)ccc2NC1=O. The molecule has 1 aromatic carbocycles. The van der Waals surface area contributed by atoms with E-state index in [0.29, 0.717) is 5.56 Å². The van der Waals surface area contributed by atoms with Gasteiger partial charge in [-0.1, -0.05) is 0 Å². The average molecular weight is 221 g/mol. The van der Waals surface area contributed by atoms with Crippen LogP contribution in [0.3, 0.4) is 0 Å². The van der Waals surface area contributed by atoms with Crippen LogP contribution in [0.15, 0.2) is 23.1 Å². The lowest BCUT2D eigenvalue weighted by Crippen LogP contribution is -2.37. The van der Waals surface area contributed by atoms with E-state index in [2.05, 4.69) is 5.32 Å². The number of carbonyl (C=O) groups is 2. The van der Waals surface area contributed by atoms with Gasteiger partial charge in [0.15, 0.2) is 0 Å². The first kappa shape index (κ1) is 10.2. The van der Waals surface area contributed by atoms with Crippen LogP contribution < -0.4 is 5.32 Å². The zero-order valence-corrected chi connectivity index (χ0v) is 9.35. The Labute approximate surface area is 92.2 Å². The van der Waals surface area contributed by atoms with Gasteiger partial charge in [0.05, 0.1) is 10.4 Å². The van der Waals surface area contributed by atoms with Gasteiger partial charge in [-0.15, -0.1) is 11.8 Å². The summed E-state index contributed by atoms with van der Waals surface area (Å²) < 4.78 is -0.478. The third kappa shape index (κ3) is 1.77. The normalized spacial score (nSPS) is 17.9. The first-order valence-corrected chi connectivity index (χ1v) is 5.44. The molecule has 78 valence electrons. The Hall–Kier alpha value is -1.29. The van der Waals surface area contributed by atoms with Crippen molar-refractivity contribution in [3.63, 3.8) is 0 Å². The molecular weight excluding hydrogens is 210 g/mol. The van der Waals surface area contributed by atoms with Gasteiger partial charge < -0.3 is 5.32 Å². The van der Waals surface area contributed by atoms with Crippen LogP contribution in [0.25, 0.3) is 0 Å². The molecule has 1 aromatic rings. The molecule has 2 rings (SSSR count). The van der Waals surface area contributed by atoms with Crippen molar-refractivity contribution in [2.75, 3.05) is 5.32 Å². The number of hydrogen-bond donors (Lipinski definition) is 1. The van der Waals surface area contributed by atoms with Gasteiger partial charge in [-0.05, 0) is 32.0 Å². The minimum absolute atomic E-state index is 0.00106. The second-order valence-corrected chi connectivity index (χ2v) is 5.60. The molecule has 1 heterocycles. The number of carbonyl (C=O) groups excluding carboxylic acids is 2. The fourth-order valence-corrected chi connectivity index (χ4v) is 2.51. The molecule has 0 saturated heterocycles. The van der Waals surface area contributed by atoms with Gasteiger partial charge >= 0.3 is 0 Å². The van der Waals surface area contributed by atoms with Crippen LogP contribution >= 0.6 is 11.8 Å². The van der Waals surface area contributed by atoms with E-state index < -0.39 is 4.75 Å². The van der Waals surface area contributed by atoms with Crippen LogP contribution in [0.4, 0.5) is 5.69 Å². The average Bonchev–Trinajstić information content (AvgIpc) is 2.18. The van der Waals surface area contributed by atoms with Gasteiger partial charge in [0, 0.05) is 10.5 Å². The third-order valence-electron chi connectivity index (χ3n) is 2.30. The number of benzene rings is 1. The van der Waals surface area contributed by atoms with Gasteiger partial charge in [0.25, 0.3) is 0 Å². The summed E-state index contributed by atoms with van der Waals surface area (Å²) in [5, 5.41) is 2.83. The molecule has 15 heavy (non-hydrogen) atoms. The highest BCUT2D eigenvalue weighted by Gasteiger charge is 2.34. The number of hydrogen-bond acceptors (Lipinski definition) is 3. The largest absolute Gasteiger partial charge is 0.324 e. The van der Waals surface area contributed by atoms with E-state index in [0.717, 1.165) is 16.9 Å². The highest BCUT2D eigenvalue weighted by atomic mass is 32.2. The van der Waals surface area contributed by atoms with Crippen molar-refractivity contribution in [3.8, 4) is 0 Å². The summed E-state index contributed by atoms with van der Waals surface area (Å²) in [5.74, 6) is -0.00106. The van der Waals surface area contributed by atoms with Crippen molar-refractivity contribution in [3.05, 3.63) is 23.8 Å². The van der Waals surface area contributed by atoms with Crippen LogP contribution in [0.2, 0.25) is 0 Å². The molecule has 0 spiro atoms. The van der Waals surface area contributed by atoms with Crippen molar-refractivity contribution >= 4 is 29.6 Å². The molecule has 1 aliphatic rings. The summed E-state index contributed by atoms with van der Waals surface area (Å²) in [6.07, 6.45) is 0.810. The van der Waals surface area contributed by atoms with Crippen LogP contribution in [0.1, 0.15) is 24.2 Å². The number of amides is 1. The minimum Gasteiger partial charge on any atom is -0.324 e. The lowest BCUT2D eigenvalue weighted by molar-refractivity contribution is -0.117. The number of aldehydes is 1. The number of nitrogens with one attached hydrogen (secondary N) is 1. The fraction of sp³-hybridized carbons (Fsp3) is 0.273. The Bertz CT molecular complexity index is 440. The molecule has 1 amide bonds. The zero-order chi connectivity index (χ0) is 11.1. The fourth-order valence-electron chi connectivity index (χ4n) is 1.39. The summed E-state index contributed by atoms with van der Waals surface area (Å²) in [5.41, 5.74) is 1.42. The standard InChI is InChI=1S/C11H11NO2S/c1-11(2)10(14)12-8-4-3-7(6-13)5-9(8)15-11/h3-6H,1-2H3,(H,12,14). The van der Waals surface area contributed by atoms with E-state index in [1.54, 1.807) is 18.2 Å². The molecular formula is C11H11NO2S. The number of rotatable bonds is 1. The summed E-state index contributed by atoms with van der Waals surface area (Å²) in [6, 6.07) is 5.26. The molecule has 0 atom stereocenters. The van der Waals surface area contributed by atoms with Crippen LogP contribution in [-0.4, -0.2) is 16.9 Å². The predicted molar refractivity (Wildman–Crippen MR) is 60.4 cm³/mol. The zero-order valence-electron chi connectivity index (χ0n) is 8.53. The Balaban J connectivity index is 2.46. The molecule has 0 bridgehead atoms. The number of anilines is 1. The summed E-state index contributed by atoms with van der Waals surface area (Å²) in [4.78, 5) is 23.2. The van der Waals surface area contributed by atoms with E-state index in [4.69, 9.17) is 0 Å². The summed E-state index contributed by atoms with van der Waals surface area (Å²) in [7, 11) is 0. The lowest BCUT2D eigenvalue weighted by atomic mass is 10.1. The lowest BCUT2D eigenvalue weighted by Gasteiger charge is -2.29. The summed E-state index contributed by atoms with van der Waals surface area (Å²) >= 11 is 1.48.